The predicted molar refractivity (Wildman–Crippen MR) is 135 cm³/mol. The highest BCUT2D eigenvalue weighted by molar-refractivity contribution is 7.72. The highest BCUT2D eigenvalue weighted by atomic mass is 32.2. The van der Waals surface area contributed by atoms with Gasteiger partial charge in [-0.05, 0) is 52.9 Å². The van der Waals surface area contributed by atoms with Crippen LogP contribution in [-0.4, -0.2) is 26.3 Å². The van der Waals surface area contributed by atoms with Gasteiger partial charge < -0.3 is 10.6 Å². The number of carbonyl (C=O) groups is 2. The van der Waals surface area contributed by atoms with Crippen LogP contribution in [0.4, 0.5) is 10.1 Å². The number of anilines is 1. The lowest BCUT2D eigenvalue weighted by Gasteiger charge is -2.26. The molecule has 2 N–H and O–H groups in total. The van der Waals surface area contributed by atoms with Crippen LogP contribution in [0.3, 0.4) is 0 Å². The van der Waals surface area contributed by atoms with Crippen molar-refractivity contribution in [2.75, 3.05) is 5.32 Å². The Bertz CT molecular complexity index is 1230. The Balaban J connectivity index is 1.79. The standard InChI is InChI=1S/C27H29FN2O4S/c1-27(2,3)24(35(33)34)19-11-15-22(16-12-19)29-26(32)23(17-18-7-5-4-6-8-18)30-25(31)20-9-13-21(28)14-10-20/h4-16,23-24,35H,17H2,1-3H3,(H,29,32)(H,30,31)/t23-,24+/m0/s1. The van der Waals surface area contributed by atoms with E-state index in [1.807, 2.05) is 51.1 Å². The molecule has 2 amide bonds. The second-order valence-corrected chi connectivity index (χ2v) is 10.5. The molecule has 8 heteroatoms. The maximum absolute atomic E-state index is 13.2. The lowest BCUT2D eigenvalue weighted by atomic mass is 9.87. The van der Waals surface area contributed by atoms with Crippen LogP contribution >= 0.6 is 0 Å². The molecule has 0 radical (unpaired) electrons. The SMILES string of the molecule is CC(C)(C)[C@@H](c1ccc(NC(=O)[C@H](Cc2ccccc2)NC(=O)c2ccc(F)cc2)cc1)[SH](=O)=O. The Hall–Kier alpha value is -3.52. The van der Waals surface area contributed by atoms with Gasteiger partial charge in [-0.2, -0.15) is 0 Å². The Kier molecular flexibility index (Phi) is 8.40. The van der Waals surface area contributed by atoms with Crippen molar-refractivity contribution in [3.05, 3.63) is 101 Å². The molecule has 0 saturated carbocycles. The molecule has 0 aliphatic carbocycles. The molecule has 6 nitrogen and oxygen atoms in total. The minimum Gasteiger partial charge on any atom is -0.340 e. The summed E-state index contributed by atoms with van der Waals surface area (Å²) in [5.41, 5.74) is 1.72. The predicted octanol–water partition coefficient (Wildman–Crippen LogP) is 4.50. The van der Waals surface area contributed by atoms with Crippen molar-refractivity contribution in [2.45, 2.75) is 38.5 Å². The fourth-order valence-corrected chi connectivity index (χ4v) is 4.87. The summed E-state index contributed by atoms with van der Waals surface area (Å²) in [6, 6.07) is 20.1. The highest BCUT2D eigenvalue weighted by Gasteiger charge is 2.29. The van der Waals surface area contributed by atoms with E-state index in [1.54, 1.807) is 24.3 Å². The van der Waals surface area contributed by atoms with Gasteiger partial charge in [0.05, 0.1) is 5.25 Å². The minimum atomic E-state index is -2.69. The van der Waals surface area contributed by atoms with E-state index in [1.165, 1.54) is 24.3 Å². The number of halogens is 1. The first-order valence-corrected chi connectivity index (χ1v) is 12.4. The monoisotopic (exact) mass is 496 g/mol. The third-order valence-electron chi connectivity index (χ3n) is 5.54. The molecule has 184 valence electrons. The fraction of sp³-hybridized carbons (Fsp3) is 0.259. The molecule has 3 aromatic carbocycles. The van der Waals surface area contributed by atoms with Crippen LogP contribution in [0, 0.1) is 11.2 Å². The molecule has 0 aromatic heterocycles. The zero-order valence-electron chi connectivity index (χ0n) is 19.8. The smallest absolute Gasteiger partial charge is 0.251 e. The van der Waals surface area contributed by atoms with Gasteiger partial charge in [0, 0.05) is 17.7 Å². The highest BCUT2D eigenvalue weighted by Crippen LogP contribution is 2.36. The molecule has 0 fully saturated rings. The third-order valence-corrected chi connectivity index (χ3v) is 7.03. The normalized spacial score (nSPS) is 13.2. The number of thiol groups is 1. The van der Waals surface area contributed by atoms with Crippen LogP contribution in [0.15, 0.2) is 78.9 Å². The lowest BCUT2D eigenvalue weighted by Crippen LogP contribution is -2.45. The number of rotatable bonds is 8. The van der Waals surface area contributed by atoms with Crippen LogP contribution in [0.5, 0.6) is 0 Å². The van der Waals surface area contributed by atoms with Crippen LogP contribution in [0.1, 0.15) is 47.5 Å². The van der Waals surface area contributed by atoms with E-state index < -0.39 is 45.0 Å². The van der Waals surface area contributed by atoms with Crippen molar-refractivity contribution in [3.63, 3.8) is 0 Å². The molecule has 0 aliphatic rings. The number of carbonyl (C=O) groups excluding carboxylic acids is 2. The molecular formula is C27H29FN2O4S. The third kappa shape index (κ3) is 7.23. The molecule has 35 heavy (non-hydrogen) atoms. The van der Waals surface area contributed by atoms with Crippen LogP contribution < -0.4 is 10.6 Å². The molecule has 0 unspecified atom stereocenters. The first-order valence-electron chi connectivity index (χ1n) is 11.2. The quantitative estimate of drug-likeness (QED) is 0.400. The molecule has 0 heterocycles. The van der Waals surface area contributed by atoms with Crippen molar-refractivity contribution in [2.24, 2.45) is 5.41 Å². The van der Waals surface area contributed by atoms with Gasteiger partial charge in [0.25, 0.3) is 5.91 Å². The molecular weight excluding hydrogens is 467 g/mol. The van der Waals surface area contributed by atoms with Crippen molar-refractivity contribution >= 4 is 28.2 Å². The summed E-state index contributed by atoms with van der Waals surface area (Å²) in [6.07, 6.45) is 0.250. The number of amides is 2. The largest absolute Gasteiger partial charge is 0.340 e. The number of hydrogen-bond donors (Lipinski definition) is 3. The Morgan fingerprint density at radius 3 is 2.03 bits per heavy atom. The van der Waals surface area contributed by atoms with E-state index in [2.05, 4.69) is 10.6 Å². The van der Waals surface area contributed by atoms with E-state index in [4.69, 9.17) is 0 Å². The second-order valence-electron chi connectivity index (χ2n) is 9.39. The fourth-order valence-electron chi connectivity index (χ4n) is 3.82. The van der Waals surface area contributed by atoms with Crippen molar-refractivity contribution in [1.29, 1.82) is 0 Å². The summed E-state index contributed by atoms with van der Waals surface area (Å²) >= 11 is 0. The van der Waals surface area contributed by atoms with E-state index >= 15 is 0 Å². The van der Waals surface area contributed by atoms with E-state index in [-0.39, 0.29) is 12.0 Å². The van der Waals surface area contributed by atoms with Crippen LogP contribution in [0.2, 0.25) is 0 Å². The summed E-state index contributed by atoms with van der Waals surface area (Å²) in [4.78, 5) is 25.9. The number of hydrogen-bond acceptors (Lipinski definition) is 4. The average molecular weight is 497 g/mol. The zero-order chi connectivity index (χ0) is 25.6. The molecule has 2 atom stereocenters. The Labute approximate surface area is 206 Å². The van der Waals surface area contributed by atoms with E-state index in [0.29, 0.717) is 11.3 Å². The first kappa shape index (κ1) is 26.1. The summed E-state index contributed by atoms with van der Waals surface area (Å²) in [5.74, 6) is -1.39. The molecule has 3 rings (SSSR count). The molecule has 0 bridgehead atoms. The average Bonchev–Trinajstić information content (AvgIpc) is 2.80. The second kappa shape index (κ2) is 11.3. The van der Waals surface area contributed by atoms with Crippen molar-refractivity contribution in [3.8, 4) is 0 Å². The number of benzene rings is 3. The number of nitrogens with one attached hydrogen (secondary N) is 2. The van der Waals surface area contributed by atoms with Crippen LogP contribution in [-0.2, 0) is 21.9 Å². The lowest BCUT2D eigenvalue weighted by molar-refractivity contribution is -0.118. The molecule has 3 aromatic rings. The van der Waals surface area contributed by atoms with E-state index in [9.17, 15) is 22.4 Å². The van der Waals surface area contributed by atoms with Gasteiger partial charge in [0.1, 0.15) is 22.6 Å². The van der Waals surface area contributed by atoms with Crippen LogP contribution in [0.25, 0.3) is 0 Å². The molecule has 0 aliphatic heterocycles. The maximum atomic E-state index is 13.2. The Morgan fingerprint density at radius 2 is 1.49 bits per heavy atom. The van der Waals surface area contributed by atoms with E-state index in [0.717, 1.165) is 5.56 Å². The van der Waals surface area contributed by atoms with Gasteiger partial charge in [-0.3, -0.25) is 9.59 Å². The summed E-state index contributed by atoms with van der Waals surface area (Å²) in [7, 11) is -2.69. The van der Waals surface area contributed by atoms with Gasteiger partial charge in [-0.1, -0.05) is 63.2 Å². The van der Waals surface area contributed by atoms with Gasteiger partial charge in [0.2, 0.25) is 5.91 Å². The van der Waals surface area contributed by atoms with Gasteiger partial charge in [0.15, 0.2) is 0 Å². The topological polar surface area (TPSA) is 92.3 Å². The van der Waals surface area contributed by atoms with Gasteiger partial charge >= 0.3 is 0 Å². The molecule has 0 spiro atoms. The summed E-state index contributed by atoms with van der Waals surface area (Å²) in [5, 5.41) is 4.87. The first-order chi connectivity index (χ1) is 16.5. The molecule has 0 saturated heterocycles. The van der Waals surface area contributed by atoms with Crippen molar-refractivity contribution < 1.29 is 22.4 Å². The minimum absolute atomic E-state index is 0.238. The Morgan fingerprint density at radius 1 is 0.886 bits per heavy atom. The summed E-state index contributed by atoms with van der Waals surface area (Å²) < 4.78 is 36.9. The van der Waals surface area contributed by atoms with Gasteiger partial charge in [-0.15, -0.1) is 0 Å². The van der Waals surface area contributed by atoms with Crippen molar-refractivity contribution in [1.82, 2.24) is 5.32 Å². The maximum Gasteiger partial charge on any atom is 0.251 e. The summed E-state index contributed by atoms with van der Waals surface area (Å²) in [6.45, 7) is 5.57. The zero-order valence-corrected chi connectivity index (χ0v) is 20.7. The van der Waals surface area contributed by atoms with Gasteiger partial charge in [-0.25, -0.2) is 12.8 Å².